The minimum atomic E-state index is -4.40. The Kier molecular flexibility index (Phi) is 5.71. The largest absolute Gasteiger partial charge is 0.507 e. The van der Waals surface area contributed by atoms with Crippen LogP contribution in [0.15, 0.2) is 47.8 Å². The summed E-state index contributed by atoms with van der Waals surface area (Å²) in [6, 6.07) is 8.53. The van der Waals surface area contributed by atoms with Gasteiger partial charge in [-0.3, -0.25) is 0 Å². The zero-order chi connectivity index (χ0) is 21.2. The van der Waals surface area contributed by atoms with E-state index in [4.69, 9.17) is 17.3 Å². The molecule has 150 valence electrons. The van der Waals surface area contributed by atoms with Crippen molar-refractivity contribution in [3.05, 3.63) is 59.0 Å². The highest BCUT2D eigenvalue weighted by Crippen LogP contribution is 2.32. The monoisotopic (exact) mass is 439 g/mol. The molecular formula is C18H12F3N3O3S2. The van der Waals surface area contributed by atoms with Crippen LogP contribution in [-0.4, -0.2) is 26.3 Å². The fourth-order valence-corrected chi connectivity index (χ4v) is 3.35. The standard InChI is InChI=1S/C18H12F3N3O3S2/c19-18(20,21)10-3-1-9(2-4-10)13-8-29-17(23-13)24-16(28)22-11-5-6-12(15(26)27)14(25)7-11/h1-8,25H,(H,26,27)(H2,22,23,24,28). The number of benzene rings is 2. The molecular weight excluding hydrogens is 427 g/mol. The molecule has 0 saturated carbocycles. The minimum Gasteiger partial charge on any atom is -0.507 e. The zero-order valence-electron chi connectivity index (χ0n) is 14.3. The van der Waals surface area contributed by atoms with Crippen molar-refractivity contribution >= 4 is 45.5 Å². The first-order valence-corrected chi connectivity index (χ1v) is 9.20. The summed E-state index contributed by atoms with van der Waals surface area (Å²) in [4.78, 5) is 15.2. The number of phenols is 1. The van der Waals surface area contributed by atoms with Crippen LogP contribution < -0.4 is 10.6 Å². The van der Waals surface area contributed by atoms with Crippen molar-refractivity contribution in [2.45, 2.75) is 6.18 Å². The number of thiazole rings is 1. The maximum Gasteiger partial charge on any atom is 0.416 e. The molecule has 1 heterocycles. The van der Waals surface area contributed by atoms with E-state index in [9.17, 15) is 23.1 Å². The molecule has 6 nitrogen and oxygen atoms in total. The van der Waals surface area contributed by atoms with Crippen LogP contribution in [0.3, 0.4) is 0 Å². The molecule has 0 aliphatic carbocycles. The van der Waals surface area contributed by atoms with Crippen LogP contribution in [0, 0.1) is 0 Å². The van der Waals surface area contributed by atoms with E-state index in [1.165, 1.54) is 41.7 Å². The van der Waals surface area contributed by atoms with Crippen molar-refractivity contribution in [3.63, 3.8) is 0 Å². The van der Waals surface area contributed by atoms with Gasteiger partial charge in [0.1, 0.15) is 11.3 Å². The van der Waals surface area contributed by atoms with Gasteiger partial charge in [-0.2, -0.15) is 13.2 Å². The lowest BCUT2D eigenvalue weighted by Crippen LogP contribution is -2.19. The summed E-state index contributed by atoms with van der Waals surface area (Å²) in [5, 5.41) is 26.4. The first kappa shape index (κ1) is 20.6. The van der Waals surface area contributed by atoms with Crippen molar-refractivity contribution in [1.29, 1.82) is 0 Å². The highest BCUT2D eigenvalue weighted by molar-refractivity contribution is 7.80. The average Bonchev–Trinajstić information content (AvgIpc) is 3.09. The number of anilines is 2. The lowest BCUT2D eigenvalue weighted by molar-refractivity contribution is -0.137. The first-order chi connectivity index (χ1) is 13.6. The number of halogens is 3. The Hall–Kier alpha value is -3.18. The molecule has 3 rings (SSSR count). The zero-order valence-corrected chi connectivity index (χ0v) is 16.0. The fourth-order valence-electron chi connectivity index (χ4n) is 2.34. The second-order valence-corrected chi connectivity index (χ2v) is 7.00. The van der Waals surface area contributed by atoms with Crippen molar-refractivity contribution in [3.8, 4) is 17.0 Å². The predicted molar refractivity (Wildman–Crippen MR) is 107 cm³/mol. The molecule has 4 N–H and O–H groups in total. The number of thiocarbonyl (C=S) groups is 1. The van der Waals surface area contributed by atoms with Crippen LogP contribution in [0.25, 0.3) is 11.3 Å². The third-order valence-electron chi connectivity index (χ3n) is 3.72. The van der Waals surface area contributed by atoms with Crippen LogP contribution in [0.5, 0.6) is 5.75 Å². The van der Waals surface area contributed by atoms with Gasteiger partial charge in [-0.15, -0.1) is 11.3 Å². The van der Waals surface area contributed by atoms with E-state index in [1.807, 2.05) is 0 Å². The summed E-state index contributed by atoms with van der Waals surface area (Å²) < 4.78 is 37.9. The van der Waals surface area contributed by atoms with E-state index in [-0.39, 0.29) is 10.7 Å². The summed E-state index contributed by atoms with van der Waals surface area (Å²) in [5.74, 6) is -1.67. The molecule has 0 amide bonds. The Bertz CT molecular complexity index is 1070. The van der Waals surface area contributed by atoms with Crippen molar-refractivity contribution < 1.29 is 28.2 Å². The molecule has 11 heteroatoms. The Balaban J connectivity index is 1.66. The summed E-state index contributed by atoms with van der Waals surface area (Å²) in [6.07, 6.45) is -4.40. The number of aromatic hydroxyl groups is 1. The van der Waals surface area contributed by atoms with Gasteiger partial charge >= 0.3 is 12.1 Å². The van der Waals surface area contributed by atoms with Crippen LogP contribution in [0.4, 0.5) is 24.0 Å². The third-order valence-corrected chi connectivity index (χ3v) is 4.68. The number of carboxylic acid groups (broad SMARTS) is 1. The molecule has 0 saturated heterocycles. The number of alkyl halides is 3. The molecule has 3 aromatic rings. The summed E-state index contributed by atoms with van der Waals surface area (Å²) in [6.45, 7) is 0. The van der Waals surface area contributed by atoms with Gasteiger partial charge in [-0.05, 0) is 36.5 Å². The Morgan fingerprint density at radius 2 is 1.79 bits per heavy atom. The summed E-state index contributed by atoms with van der Waals surface area (Å²) in [5.41, 5.74) is 0.394. The quantitative estimate of drug-likeness (QED) is 0.423. The normalized spacial score (nSPS) is 11.1. The van der Waals surface area contributed by atoms with E-state index >= 15 is 0 Å². The second kappa shape index (κ2) is 8.05. The van der Waals surface area contributed by atoms with Crippen LogP contribution in [-0.2, 0) is 6.18 Å². The maximum atomic E-state index is 12.6. The van der Waals surface area contributed by atoms with Gasteiger partial charge in [0.05, 0.1) is 11.3 Å². The van der Waals surface area contributed by atoms with Crippen LogP contribution >= 0.6 is 23.6 Å². The second-order valence-electron chi connectivity index (χ2n) is 5.73. The number of carboxylic acids is 1. The van der Waals surface area contributed by atoms with Gasteiger partial charge in [-0.25, -0.2) is 9.78 Å². The number of hydrogen-bond acceptors (Lipinski definition) is 5. The van der Waals surface area contributed by atoms with Gasteiger partial charge in [-0.1, -0.05) is 12.1 Å². The van der Waals surface area contributed by atoms with E-state index in [0.29, 0.717) is 22.1 Å². The van der Waals surface area contributed by atoms with Crippen molar-refractivity contribution in [2.75, 3.05) is 10.6 Å². The van der Waals surface area contributed by atoms with Crippen LogP contribution in [0.1, 0.15) is 15.9 Å². The van der Waals surface area contributed by atoms with Gasteiger partial charge in [0.15, 0.2) is 10.2 Å². The van der Waals surface area contributed by atoms with Crippen molar-refractivity contribution in [2.24, 2.45) is 0 Å². The molecule has 0 radical (unpaired) electrons. The van der Waals surface area contributed by atoms with E-state index in [1.54, 1.807) is 5.38 Å². The summed E-state index contributed by atoms with van der Waals surface area (Å²) >= 11 is 6.35. The molecule has 0 aliphatic rings. The molecule has 1 aromatic heterocycles. The first-order valence-electron chi connectivity index (χ1n) is 7.91. The molecule has 0 bridgehead atoms. The molecule has 29 heavy (non-hydrogen) atoms. The molecule has 0 fully saturated rings. The Morgan fingerprint density at radius 1 is 1.10 bits per heavy atom. The molecule has 2 aromatic carbocycles. The maximum absolute atomic E-state index is 12.6. The highest BCUT2D eigenvalue weighted by Gasteiger charge is 2.30. The number of nitrogens with one attached hydrogen (secondary N) is 2. The molecule has 0 unspecified atom stereocenters. The van der Waals surface area contributed by atoms with Gasteiger partial charge < -0.3 is 20.8 Å². The SMILES string of the molecule is O=C(O)c1ccc(NC(=S)Nc2nc(-c3ccc(C(F)(F)F)cc3)cs2)cc1O. The number of hydrogen-bond donors (Lipinski definition) is 4. The molecule has 0 spiro atoms. The number of aromatic carboxylic acids is 1. The predicted octanol–water partition coefficient (Wildman–Crippen LogP) is 5.04. The summed E-state index contributed by atoms with van der Waals surface area (Å²) in [7, 11) is 0. The molecule has 0 atom stereocenters. The smallest absolute Gasteiger partial charge is 0.416 e. The average molecular weight is 439 g/mol. The van der Waals surface area contributed by atoms with Gasteiger partial charge in [0.25, 0.3) is 0 Å². The van der Waals surface area contributed by atoms with Crippen LogP contribution in [0.2, 0.25) is 0 Å². The topological polar surface area (TPSA) is 94.5 Å². The number of aromatic nitrogens is 1. The van der Waals surface area contributed by atoms with E-state index in [0.717, 1.165) is 12.1 Å². The lowest BCUT2D eigenvalue weighted by Gasteiger charge is -2.09. The third kappa shape index (κ3) is 5.00. The fraction of sp³-hybridized carbons (Fsp3) is 0.0556. The minimum absolute atomic E-state index is 0.140. The lowest BCUT2D eigenvalue weighted by atomic mass is 10.1. The number of carbonyl (C=O) groups is 1. The Morgan fingerprint density at radius 3 is 2.38 bits per heavy atom. The molecule has 0 aliphatic heterocycles. The van der Waals surface area contributed by atoms with Gasteiger partial charge in [0.2, 0.25) is 0 Å². The number of nitrogens with zero attached hydrogens (tertiary/aromatic N) is 1. The van der Waals surface area contributed by atoms with E-state index < -0.39 is 23.5 Å². The van der Waals surface area contributed by atoms with E-state index in [2.05, 4.69) is 15.6 Å². The Labute approximate surface area is 171 Å². The highest BCUT2D eigenvalue weighted by atomic mass is 32.1. The van der Waals surface area contributed by atoms with Crippen molar-refractivity contribution in [1.82, 2.24) is 4.98 Å². The van der Waals surface area contributed by atoms with Gasteiger partial charge in [0, 0.05) is 22.7 Å². The number of rotatable bonds is 4.